The number of halogens is 1. The molecule has 2 N–H and O–H groups in total. The smallest absolute Gasteiger partial charge is 0.164 e. The van der Waals surface area contributed by atoms with Crippen molar-refractivity contribution >= 4 is 0 Å². The molecule has 0 saturated heterocycles. The first-order valence-corrected chi connectivity index (χ1v) is 4.61. The predicted molar refractivity (Wildman–Crippen MR) is 53.4 cm³/mol. The zero-order chi connectivity index (χ0) is 10.7. The van der Waals surface area contributed by atoms with Crippen molar-refractivity contribution in [3.8, 4) is 0 Å². The summed E-state index contributed by atoms with van der Waals surface area (Å²) in [6.07, 6.45) is 1.55. The van der Waals surface area contributed by atoms with Gasteiger partial charge in [-0.15, -0.1) is 0 Å². The van der Waals surface area contributed by atoms with E-state index in [0.717, 1.165) is 0 Å². The first-order chi connectivity index (χ1) is 7.29. The van der Waals surface area contributed by atoms with Gasteiger partial charge in [0.05, 0.1) is 13.1 Å². The summed E-state index contributed by atoms with van der Waals surface area (Å²) in [5.41, 5.74) is 5.96. The molecular weight excluding hydrogens is 195 g/mol. The lowest BCUT2D eigenvalue weighted by atomic mass is 10.2. The molecule has 0 radical (unpaired) electrons. The fourth-order valence-electron chi connectivity index (χ4n) is 1.30. The van der Waals surface area contributed by atoms with Crippen molar-refractivity contribution in [2.24, 2.45) is 5.73 Å². The number of nitrogens with zero attached hydrogens (tertiary/aromatic N) is 3. The lowest BCUT2D eigenvalue weighted by Crippen LogP contribution is -2.04. The van der Waals surface area contributed by atoms with Crippen LogP contribution in [0.5, 0.6) is 0 Å². The van der Waals surface area contributed by atoms with Gasteiger partial charge < -0.3 is 5.73 Å². The Morgan fingerprint density at radius 2 is 2.13 bits per heavy atom. The van der Waals surface area contributed by atoms with Crippen molar-refractivity contribution in [3.63, 3.8) is 0 Å². The third kappa shape index (κ3) is 2.19. The van der Waals surface area contributed by atoms with Crippen LogP contribution in [0.15, 0.2) is 30.6 Å². The van der Waals surface area contributed by atoms with E-state index in [-0.39, 0.29) is 5.82 Å². The maximum atomic E-state index is 13.3. The van der Waals surface area contributed by atoms with E-state index < -0.39 is 0 Å². The van der Waals surface area contributed by atoms with E-state index in [0.29, 0.717) is 24.5 Å². The average Bonchev–Trinajstić information content (AvgIpc) is 2.69. The van der Waals surface area contributed by atoms with E-state index in [1.165, 1.54) is 6.07 Å². The summed E-state index contributed by atoms with van der Waals surface area (Å²) in [4.78, 5) is 3.96. The van der Waals surface area contributed by atoms with E-state index >= 15 is 0 Å². The van der Waals surface area contributed by atoms with Crippen LogP contribution in [-0.2, 0) is 13.1 Å². The summed E-state index contributed by atoms with van der Waals surface area (Å²) in [7, 11) is 0. The van der Waals surface area contributed by atoms with Gasteiger partial charge in [0.1, 0.15) is 12.1 Å². The van der Waals surface area contributed by atoms with Gasteiger partial charge in [0.25, 0.3) is 0 Å². The maximum Gasteiger partial charge on any atom is 0.164 e. The van der Waals surface area contributed by atoms with Gasteiger partial charge in [-0.25, -0.2) is 14.1 Å². The van der Waals surface area contributed by atoms with Crippen molar-refractivity contribution in [3.05, 3.63) is 47.8 Å². The first kappa shape index (κ1) is 9.79. The highest BCUT2D eigenvalue weighted by atomic mass is 19.1. The molecule has 5 heteroatoms. The fourth-order valence-corrected chi connectivity index (χ4v) is 1.30. The molecule has 0 amide bonds. The van der Waals surface area contributed by atoms with Crippen LogP contribution in [0, 0.1) is 5.82 Å². The molecule has 0 aliphatic heterocycles. The number of aromatic nitrogens is 3. The second-order valence-corrected chi connectivity index (χ2v) is 3.15. The van der Waals surface area contributed by atoms with Gasteiger partial charge in [-0.3, -0.25) is 0 Å². The summed E-state index contributed by atoms with van der Waals surface area (Å²) in [5, 5.41) is 4.08. The molecule has 0 bridgehead atoms. The lowest BCUT2D eigenvalue weighted by molar-refractivity contribution is 0.582. The van der Waals surface area contributed by atoms with E-state index in [4.69, 9.17) is 5.73 Å². The molecule has 4 nitrogen and oxygen atoms in total. The maximum absolute atomic E-state index is 13.3. The summed E-state index contributed by atoms with van der Waals surface area (Å²) >= 11 is 0. The Morgan fingerprint density at radius 3 is 2.80 bits per heavy atom. The van der Waals surface area contributed by atoms with E-state index in [9.17, 15) is 4.39 Å². The van der Waals surface area contributed by atoms with Gasteiger partial charge in [0.15, 0.2) is 5.82 Å². The van der Waals surface area contributed by atoms with Gasteiger partial charge in [0.2, 0.25) is 0 Å². The topological polar surface area (TPSA) is 56.7 Å². The Kier molecular flexibility index (Phi) is 2.73. The summed E-state index contributed by atoms with van der Waals surface area (Å²) in [6, 6.07) is 6.60. The minimum absolute atomic E-state index is 0.234. The molecule has 1 heterocycles. The Balaban J connectivity index is 2.18. The Labute approximate surface area is 86.6 Å². The molecule has 0 spiro atoms. The van der Waals surface area contributed by atoms with E-state index in [1.54, 1.807) is 29.2 Å². The summed E-state index contributed by atoms with van der Waals surface area (Å²) in [6.45, 7) is 0.671. The first-order valence-electron chi connectivity index (χ1n) is 4.61. The molecule has 2 aromatic rings. The Hall–Kier alpha value is -1.75. The van der Waals surface area contributed by atoms with Crippen LogP contribution in [0.3, 0.4) is 0 Å². The van der Waals surface area contributed by atoms with Crippen LogP contribution in [-0.4, -0.2) is 14.8 Å². The molecule has 0 aliphatic carbocycles. The highest BCUT2D eigenvalue weighted by Crippen LogP contribution is 2.07. The van der Waals surface area contributed by atoms with Gasteiger partial charge in [-0.1, -0.05) is 18.2 Å². The molecular formula is C10H11FN4. The minimum Gasteiger partial charge on any atom is -0.324 e. The Bertz CT molecular complexity index is 452. The lowest BCUT2D eigenvalue weighted by Gasteiger charge is -2.01. The number of rotatable bonds is 3. The molecule has 1 aromatic heterocycles. The monoisotopic (exact) mass is 206 g/mol. The van der Waals surface area contributed by atoms with Crippen molar-refractivity contribution in [2.75, 3.05) is 0 Å². The van der Waals surface area contributed by atoms with Crippen molar-refractivity contribution < 1.29 is 4.39 Å². The van der Waals surface area contributed by atoms with Crippen LogP contribution in [0.2, 0.25) is 0 Å². The second kappa shape index (κ2) is 4.18. The van der Waals surface area contributed by atoms with E-state index in [2.05, 4.69) is 10.1 Å². The zero-order valence-electron chi connectivity index (χ0n) is 8.10. The van der Waals surface area contributed by atoms with Gasteiger partial charge in [-0.2, -0.15) is 5.10 Å². The number of nitrogens with two attached hydrogens (primary N) is 1. The highest BCUT2D eigenvalue weighted by molar-refractivity contribution is 5.17. The standard InChI is InChI=1S/C10H11FN4/c11-9-4-2-1-3-8(9)6-15-7-13-10(5-12)14-15/h1-4,7H,5-6,12H2. The van der Waals surface area contributed by atoms with Crippen molar-refractivity contribution in [1.29, 1.82) is 0 Å². The van der Waals surface area contributed by atoms with Crippen LogP contribution in [0.1, 0.15) is 11.4 Å². The van der Waals surface area contributed by atoms with Crippen LogP contribution in [0.25, 0.3) is 0 Å². The number of hydrogen-bond donors (Lipinski definition) is 1. The molecule has 78 valence electrons. The van der Waals surface area contributed by atoms with Crippen LogP contribution < -0.4 is 5.73 Å². The normalized spacial score (nSPS) is 10.5. The zero-order valence-corrected chi connectivity index (χ0v) is 8.10. The van der Waals surface area contributed by atoms with Crippen molar-refractivity contribution in [1.82, 2.24) is 14.8 Å². The molecule has 0 saturated carbocycles. The number of hydrogen-bond acceptors (Lipinski definition) is 3. The van der Waals surface area contributed by atoms with E-state index in [1.807, 2.05) is 0 Å². The van der Waals surface area contributed by atoms with Gasteiger partial charge in [-0.05, 0) is 6.07 Å². The largest absolute Gasteiger partial charge is 0.324 e. The molecule has 15 heavy (non-hydrogen) atoms. The third-order valence-corrected chi connectivity index (χ3v) is 2.06. The predicted octanol–water partition coefficient (Wildman–Crippen LogP) is 0.924. The van der Waals surface area contributed by atoms with Crippen LogP contribution >= 0.6 is 0 Å². The summed E-state index contributed by atoms with van der Waals surface area (Å²) < 4.78 is 14.8. The van der Waals surface area contributed by atoms with Gasteiger partial charge >= 0.3 is 0 Å². The molecule has 1 aromatic carbocycles. The van der Waals surface area contributed by atoms with Crippen molar-refractivity contribution in [2.45, 2.75) is 13.1 Å². The SMILES string of the molecule is NCc1ncn(Cc2ccccc2F)n1. The summed E-state index contributed by atoms with van der Waals surface area (Å²) in [5.74, 6) is 0.327. The molecule has 0 aliphatic rings. The van der Waals surface area contributed by atoms with Gasteiger partial charge in [0, 0.05) is 5.56 Å². The number of benzene rings is 1. The second-order valence-electron chi connectivity index (χ2n) is 3.15. The minimum atomic E-state index is -0.234. The molecule has 0 fully saturated rings. The quantitative estimate of drug-likeness (QED) is 0.812. The fraction of sp³-hybridized carbons (Fsp3) is 0.200. The third-order valence-electron chi connectivity index (χ3n) is 2.06. The Morgan fingerprint density at radius 1 is 1.33 bits per heavy atom. The molecule has 0 atom stereocenters. The van der Waals surface area contributed by atoms with Crippen LogP contribution in [0.4, 0.5) is 4.39 Å². The molecule has 2 rings (SSSR count). The highest BCUT2D eigenvalue weighted by Gasteiger charge is 2.03. The average molecular weight is 206 g/mol. The molecule has 0 unspecified atom stereocenters.